The van der Waals surface area contributed by atoms with Crippen LogP contribution in [0.5, 0.6) is 0 Å². The van der Waals surface area contributed by atoms with Crippen LogP contribution in [-0.4, -0.2) is 31.7 Å². The van der Waals surface area contributed by atoms with Gasteiger partial charge in [-0.2, -0.15) is 0 Å². The molecule has 2 aromatic carbocycles. The molecule has 0 aromatic heterocycles. The molecular weight excluding hydrogens is 372 g/mol. The Hall–Kier alpha value is -2.17. The van der Waals surface area contributed by atoms with E-state index in [0.717, 1.165) is 38.2 Å². The van der Waals surface area contributed by atoms with Gasteiger partial charge < -0.3 is 15.0 Å². The van der Waals surface area contributed by atoms with E-state index in [1.54, 1.807) is 0 Å². The normalized spacial score (nSPS) is 20.1. The molecule has 30 heavy (non-hydrogen) atoms. The smallest absolute Gasteiger partial charge is 0.227 e. The summed E-state index contributed by atoms with van der Waals surface area (Å²) in [5.74, 6) is 0.633. The molecule has 1 N–H and O–H groups in total. The number of rotatable bonds is 8. The molecule has 2 aliphatic rings. The van der Waals surface area contributed by atoms with Crippen molar-refractivity contribution in [2.45, 2.75) is 64.0 Å². The van der Waals surface area contributed by atoms with Gasteiger partial charge in [0, 0.05) is 31.1 Å². The fraction of sp³-hybridized carbons (Fsp3) is 0.500. The number of nitrogens with zero attached hydrogens (tertiary/aromatic N) is 1. The van der Waals surface area contributed by atoms with E-state index >= 15 is 0 Å². The molecule has 4 rings (SSSR count). The number of carbonyl (C=O) groups is 1. The van der Waals surface area contributed by atoms with E-state index in [0.29, 0.717) is 18.9 Å². The summed E-state index contributed by atoms with van der Waals surface area (Å²) in [4.78, 5) is 14.7. The lowest BCUT2D eigenvalue weighted by molar-refractivity contribution is -0.119. The van der Waals surface area contributed by atoms with Crippen LogP contribution < -0.4 is 10.2 Å². The standard InChI is InChI=1S/C26H34N2O2/c1-2-3-5-10-23(25-18-27-15-16-30-25)21-11-13-24-22(17-21)12-14-26(29)28(24)19-20-8-6-4-7-9-20/h4,6-9,11,13,17,23,25,27H,2-3,5,10,12,14-16,18-19H2,1H3. The lowest BCUT2D eigenvalue weighted by Gasteiger charge is -2.34. The first kappa shape index (κ1) is 21.1. The fourth-order valence-electron chi connectivity index (χ4n) is 4.78. The number of hydrogen-bond donors (Lipinski definition) is 1. The molecular formula is C26H34N2O2. The summed E-state index contributed by atoms with van der Waals surface area (Å²) in [6.07, 6.45) is 6.55. The lowest BCUT2D eigenvalue weighted by atomic mass is 9.85. The second kappa shape index (κ2) is 10.2. The molecule has 1 saturated heterocycles. The number of fused-ring (bicyclic) bond motifs is 1. The number of nitrogens with one attached hydrogen (secondary N) is 1. The number of hydrogen-bond acceptors (Lipinski definition) is 3. The maximum Gasteiger partial charge on any atom is 0.227 e. The van der Waals surface area contributed by atoms with Crippen LogP contribution in [0.25, 0.3) is 0 Å². The second-order valence-corrected chi connectivity index (χ2v) is 8.57. The van der Waals surface area contributed by atoms with Crippen molar-refractivity contribution in [2.75, 3.05) is 24.6 Å². The van der Waals surface area contributed by atoms with Crippen molar-refractivity contribution in [3.63, 3.8) is 0 Å². The first-order valence-corrected chi connectivity index (χ1v) is 11.6. The number of ether oxygens (including phenoxy) is 1. The number of carbonyl (C=O) groups excluding carboxylic acids is 1. The van der Waals surface area contributed by atoms with Gasteiger partial charge in [0.05, 0.1) is 19.3 Å². The summed E-state index contributed by atoms with van der Waals surface area (Å²) >= 11 is 0. The van der Waals surface area contributed by atoms with Crippen LogP contribution in [-0.2, 0) is 22.5 Å². The summed E-state index contributed by atoms with van der Waals surface area (Å²) in [6.45, 7) is 5.55. The van der Waals surface area contributed by atoms with Gasteiger partial charge >= 0.3 is 0 Å². The van der Waals surface area contributed by atoms with E-state index in [4.69, 9.17) is 4.74 Å². The number of aryl methyl sites for hydroxylation is 1. The monoisotopic (exact) mass is 406 g/mol. The number of morpholine rings is 1. The third-order valence-electron chi connectivity index (χ3n) is 6.44. The summed E-state index contributed by atoms with van der Waals surface area (Å²) in [5, 5.41) is 3.50. The summed E-state index contributed by atoms with van der Waals surface area (Å²) in [7, 11) is 0. The quantitative estimate of drug-likeness (QED) is 0.639. The van der Waals surface area contributed by atoms with E-state index in [2.05, 4.69) is 42.6 Å². The van der Waals surface area contributed by atoms with Gasteiger partial charge in [0.25, 0.3) is 0 Å². The minimum absolute atomic E-state index is 0.221. The van der Waals surface area contributed by atoms with E-state index in [9.17, 15) is 4.79 Å². The fourth-order valence-corrected chi connectivity index (χ4v) is 4.78. The Kier molecular flexibility index (Phi) is 7.19. The highest BCUT2D eigenvalue weighted by Gasteiger charge is 2.29. The molecule has 0 radical (unpaired) electrons. The Morgan fingerprint density at radius 1 is 1.13 bits per heavy atom. The van der Waals surface area contributed by atoms with Crippen LogP contribution in [0.3, 0.4) is 0 Å². The van der Waals surface area contributed by atoms with Gasteiger partial charge in [-0.05, 0) is 35.6 Å². The lowest BCUT2D eigenvalue weighted by Crippen LogP contribution is -2.42. The van der Waals surface area contributed by atoms with Gasteiger partial charge in [-0.15, -0.1) is 0 Å². The molecule has 1 fully saturated rings. The summed E-state index contributed by atoms with van der Waals surface area (Å²) in [5.41, 5.74) is 4.91. The molecule has 2 atom stereocenters. The van der Waals surface area contributed by atoms with E-state index < -0.39 is 0 Å². The largest absolute Gasteiger partial charge is 0.375 e. The third-order valence-corrected chi connectivity index (χ3v) is 6.44. The average Bonchev–Trinajstić information content (AvgIpc) is 2.80. The highest BCUT2D eigenvalue weighted by molar-refractivity contribution is 5.96. The van der Waals surface area contributed by atoms with Crippen molar-refractivity contribution in [3.05, 3.63) is 65.2 Å². The molecule has 0 spiro atoms. The minimum atomic E-state index is 0.221. The zero-order valence-corrected chi connectivity index (χ0v) is 18.1. The van der Waals surface area contributed by atoms with Crippen molar-refractivity contribution in [2.24, 2.45) is 0 Å². The maximum atomic E-state index is 12.7. The predicted octanol–water partition coefficient (Wildman–Crippen LogP) is 4.82. The third kappa shape index (κ3) is 4.93. The summed E-state index contributed by atoms with van der Waals surface area (Å²) in [6, 6.07) is 17.0. The zero-order valence-electron chi connectivity index (χ0n) is 18.1. The Labute approximate surface area is 180 Å². The molecule has 0 aliphatic carbocycles. The average molecular weight is 407 g/mol. The van der Waals surface area contributed by atoms with Crippen molar-refractivity contribution in [1.29, 1.82) is 0 Å². The first-order valence-electron chi connectivity index (χ1n) is 11.6. The Morgan fingerprint density at radius 3 is 2.77 bits per heavy atom. The maximum absolute atomic E-state index is 12.7. The van der Waals surface area contributed by atoms with Crippen LogP contribution >= 0.6 is 0 Å². The van der Waals surface area contributed by atoms with Crippen LogP contribution in [0.4, 0.5) is 5.69 Å². The van der Waals surface area contributed by atoms with Gasteiger partial charge in [-0.25, -0.2) is 0 Å². The van der Waals surface area contributed by atoms with Gasteiger partial charge in [-0.3, -0.25) is 4.79 Å². The van der Waals surface area contributed by atoms with E-state index in [1.165, 1.54) is 36.0 Å². The first-order chi connectivity index (χ1) is 14.8. The van der Waals surface area contributed by atoms with Gasteiger partial charge in [-0.1, -0.05) is 68.7 Å². The number of amides is 1. The van der Waals surface area contributed by atoms with Crippen LogP contribution in [0.2, 0.25) is 0 Å². The van der Waals surface area contributed by atoms with E-state index in [-0.39, 0.29) is 12.0 Å². The molecule has 0 bridgehead atoms. The van der Waals surface area contributed by atoms with Crippen LogP contribution in [0.15, 0.2) is 48.5 Å². The molecule has 4 heteroatoms. The number of anilines is 1. The molecule has 2 aliphatic heterocycles. The van der Waals surface area contributed by atoms with Gasteiger partial charge in [0.2, 0.25) is 5.91 Å². The topological polar surface area (TPSA) is 41.6 Å². The Bertz CT molecular complexity index is 830. The predicted molar refractivity (Wildman–Crippen MR) is 122 cm³/mol. The molecule has 0 saturated carbocycles. The molecule has 2 heterocycles. The van der Waals surface area contributed by atoms with Gasteiger partial charge in [0.15, 0.2) is 0 Å². The Balaban J connectivity index is 1.58. The molecule has 2 aromatic rings. The molecule has 2 unspecified atom stereocenters. The number of benzene rings is 2. The highest BCUT2D eigenvalue weighted by Crippen LogP contribution is 2.35. The van der Waals surface area contributed by atoms with Crippen molar-refractivity contribution >= 4 is 11.6 Å². The van der Waals surface area contributed by atoms with Crippen molar-refractivity contribution in [3.8, 4) is 0 Å². The molecule has 160 valence electrons. The van der Waals surface area contributed by atoms with Gasteiger partial charge in [0.1, 0.15) is 0 Å². The van der Waals surface area contributed by atoms with Crippen molar-refractivity contribution in [1.82, 2.24) is 5.32 Å². The molecule has 4 nitrogen and oxygen atoms in total. The minimum Gasteiger partial charge on any atom is -0.375 e. The molecule has 1 amide bonds. The van der Waals surface area contributed by atoms with Crippen molar-refractivity contribution < 1.29 is 9.53 Å². The second-order valence-electron chi connectivity index (χ2n) is 8.57. The zero-order chi connectivity index (χ0) is 20.8. The Morgan fingerprint density at radius 2 is 2.00 bits per heavy atom. The summed E-state index contributed by atoms with van der Waals surface area (Å²) < 4.78 is 6.16. The highest BCUT2D eigenvalue weighted by atomic mass is 16.5. The number of unbranched alkanes of at least 4 members (excludes halogenated alkanes) is 2. The van der Waals surface area contributed by atoms with Crippen LogP contribution in [0.1, 0.15) is 61.6 Å². The SMILES string of the molecule is CCCCCC(c1ccc2c(c1)CCC(=O)N2Cc1ccccc1)C1CNCCO1. The van der Waals surface area contributed by atoms with E-state index in [1.807, 2.05) is 23.1 Å². The van der Waals surface area contributed by atoms with Crippen LogP contribution in [0, 0.1) is 0 Å².